The molecule has 7 nitrogen and oxygen atoms in total. The highest BCUT2D eigenvalue weighted by atomic mass is 32.2. The lowest BCUT2D eigenvalue weighted by atomic mass is 10.2. The van der Waals surface area contributed by atoms with Crippen molar-refractivity contribution in [2.24, 2.45) is 0 Å². The zero-order chi connectivity index (χ0) is 15.3. The van der Waals surface area contributed by atoms with Crippen LogP contribution in [0.15, 0.2) is 41.7 Å². The number of hydrogen-bond acceptors (Lipinski definition) is 6. The summed E-state index contributed by atoms with van der Waals surface area (Å²) in [5.41, 5.74) is 0.919. The number of pyridine rings is 1. The van der Waals surface area contributed by atoms with E-state index in [1.54, 1.807) is 18.3 Å². The molecule has 2 aromatic heterocycles. The van der Waals surface area contributed by atoms with E-state index in [1.807, 2.05) is 13.8 Å². The molecule has 0 unspecified atom stereocenters. The summed E-state index contributed by atoms with van der Waals surface area (Å²) in [6, 6.07) is 6.67. The minimum atomic E-state index is -3.75. The van der Waals surface area contributed by atoms with Gasteiger partial charge in [0.05, 0.1) is 0 Å². The second kappa shape index (κ2) is 6.59. The van der Waals surface area contributed by atoms with Crippen LogP contribution in [0.3, 0.4) is 0 Å². The van der Waals surface area contributed by atoms with E-state index in [2.05, 4.69) is 25.2 Å². The topological polar surface area (TPSA) is 96.9 Å². The van der Waals surface area contributed by atoms with Crippen molar-refractivity contribution in [3.8, 4) is 0 Å². The fraction of sp³-hybridized carbons (Fsp3) is 0.308. The van der Waals surface area contributed by atoms with E-state index in [0.29, 0.717) is 12.6 Å². The number of sulfonamides is 1. The van der Waals surface area contributed by atoms with E-state index in [0.717, 1.165) is 5.56 Å². The predicted octanol–water partition coefficient (Wildman–Crippen LogP) is 1.17. The molecule has 2 heterocycles. The smallest absolute Gasteiger partial charge is 0.280 e. The number of nitrogens with zero attached hydrogens (tertiary/aromatic N) is 3. The summed E-state index contributed by atoms with van der Waals surface area (Å²) in [7, 11) is -3.75. The molecule has 0 atom stereocenters. The monoisotopic (exact) mass is 307 g/mol. The first-order chi connectivity index (χ1) is 9.97. The van der Waals surface area contributed by atoms with Crippen molar-refractivity contribution in [2.45, 2.75) is 31.5 Å². The molecule has 112 valence electrons. The van der Waals surface area contributed by atoms with Gasteiger partial charge in [0.25, 0.3) is 10.0 Å². The van der Waals surface area contributed by atoms with Gasteiger partial charge in [-0.25, -0.2) is 4.98 Å². The largest absolute Gasteiger partial charge is 0.310 e. The minimum Gasteiger partial charge on any atom is -0.310 e. The molecule has 21 heavy (non-hydrogen) atoms. The molecule has 2 rings (SSSR count). The average Bonchev–Trinajstić information content (AvgIpc) is 2.46. The summed E-state index contributed by atoms with van der Waals surface area (Å²) in [5, 5.41) is 10.5. The van der Waals surface area contributed by atoms with Gasteiger partial charge in [-0.15, -0.1) is 5.10 Å². The third-order valence-electron chi connectivity index (χ3n) is 2.60. The first-order valence-corrected chi connectivity index (χ1v) is 7.94. The first-order valence-electron chi connectivity index (χ1n) is 6.46. The van der Waals surface area contributed by atoms with Crippen LogP contribution in [0.1, 0.15) is 19.4 Å². The Balaban J connectivity index is 2.10. The molecule has 0 fully saturated rings. The SMILES string of the molecule is CC(C)NCc1ccc(S(=O)(=O)Nc2cccnn2)nc1. The lowest BCUT2D eigenvalue weighted by Gasteiger charge is -2.09. The molecule has 0 aromatic carbocycles. The van der Waals surface area contributed by atoms with Crippen LogP contribution in [0.25, 0.3) is 0 Å². The number of hydrogen-bond donors (Lipinski definition) is 2. The number of nitrogens with one attached hydrogen (secondary N) is 2. The first kappa shape index (κ1) is 15.3. The predicted molar refractivity (Wildman–Crippen MR) is 79.1 cm³/mol. The van der Waals surface area contributed by atoms with E-state index in [1.165, 1.54) is 18.3 Å². The van der Waals surface area contributed by atoms with Crippen LogP contribution >= 0.6 is 0 Å². The van der Waals surface area contributed by atoms with Crippen LogP contribution in [-0.2, 0) is 16.6 Å². The van der Waals surface area contributed by atoms with Crippen molar-refractivity contribution in [1.29, 1.82) is 0 Å². The molecule has 0 spiro atoms. The maximum Gasteiger partial charge on any atom is 0.280 e. The van der Waals surface area contributed by atoms with Gasteiger partial charge in [-0.2, -0.15) is 13.5 Å². The summed E-state index contributed by atoms with van der Waals surface area (Å²) in [6.45, 7) is 4.72. The quantitative estimate of drug-likeness (QED) is 0.831. The molecule has 0 aliphatic carbocycles. The molecule has 8 heteroatoms. The summed E-state index contributed by atoms with van der Waals surface area (Å²) < 4.78 is 26.6. The maximum absolute atomic E-state index is 12.1. The van der Waals surface area contributed by atoms with Gasteiger partial charge in [0.15, 0.2) is 10.8 Å². The molecule has 0 amide bonds. The van der Waals surface area contributed by atoms with Gasteiger partial charge in [0.1, 0.15) is 0 Å². The summed E-state index contributed by atoms with van der Waals surface area (Å²) in [5.74, 6) is 0.157. The van der Waals surface area contributed by atoms with Crippen molar-refractivity contribution in [3.63, 3.8) is 0 Å². The second-order valence-electron chi connectivity index (χ2n) is 4.75. The third kappa shape index (κ3) is 4.47. The lowest BCUT2D eigenvalue weighted by molar-refractivity contribution is 0.585. The highest BCUT2D eigenvalue weighted by Gasteiger charge is 2.16. The van der Waals surface area contributed by atoms with E-state index in [9.17, 15) is 8.42 Å². The highest BCUT2D eigenvalue weighted by molar-refractivity contribution is 7.92. The zero-order valence-corrected chi connectivity index (χ0v) is 12.6. The van der Waals surface area contributed by atoms with E-state index >= 15 is 0 Å². The molecule has 0 saturated heterocycles. The number of anilines is 1. The Labute approximate surface area is 123 Å². The Morgan fingerprint density at radius 1 is 1.24 bits per heavy atom. The van der Waals surface area contributed by atoms with Crippen LogP contribution in [0, 0.1) is 0 Å². The minimum absolute atomic E-state index is 0.0542. The van der Waals surface area contributed by atoms with Crippen LogP contribution in [-0.4, -0.2) is 29.6 Å². The Kier molecular flexibility index (Phi) is 4.81. The van der Waals surface area contributed by atoms with E-state index in [-0.39, 0.29) is 10.8 Å². The molecular weight excluding hydrogens is 290 g/mol. The third-order valence-corrected chi connectivity index (χ3v) is 3.87. The molecule has 0 saturated carbocycles. The summed E-state index contributed by atoms with van der Waals surface area (Å²) >= 11 is 0. The van der Waals surface area contributed by atoms with Gasteiger partial charge in [-0.3, -0.25) is 4.72 Å². The van der Waals surface area contributed by atoms with Gasteiger partial charge >= 0.3 is 0 Å². The van der Waals surface area contributed by atoms with Gasteiger partial charge < -0.3 is 5.32 Å². The van der Waals surface area contributed by atoms with E-state index in [4.69, 9.17) is 0 Å². The Morgan fingerprint density at radius 3 is 2.62 bits per heavy atom. The van der Waals surface area contributed by atoms with Crippen molar-refractivity contribution >= 4 is 15.8 Å². The van der Waals surface area contributed by atoms with Gasteiger partial charge in [0.2, 0.25) is 0 Å². The molecule has 0 aliphatic heterocycles. The van der Waals surface area contributed by atoms with Gasteiger partial charge in [-0.05, 0) is 23.8 Å². The average molecular weight is 307 g/mol. The number of aromatic nitrogens is 3. The summed E-state index contributed by atoms with van der Waals surface area (Å²) in [4.78, 5) is 3.99. The summed E-state index contributed by atoms with van der Waals surface area (Å²) in [6.07, 6.45) is 3.01. The van der Waals surface area contributed by atoms with Crippen LogP contribution in [0.4, 0.5) is 5.82 Å². The Bertz CT molecular complexity index is 671. The van der Waals surface area contributed by atoms with Gasteiger partial charge in [-0.1, -0.05) is 19.9 Å². The fourth-order valence-corrected chi connectivity index (χ4v) is 2.47. The van der Waals surface area contributed by atoms with Crippen molar-refractivity contribution in [2.75, 3.05) is 4.72 Å². The van der Waals surface area contributed by atoms with Crippen LogP contribution in [0.2, 0.25) is 0 Å². The maximum atomic E-state index is 12.1. The Morgan fingerprint density at radius 2 is 2.05 bits per heavy atom. The van der Waals surface area contributed by atoms with E-state index < -0.39 is 10.0 Å². The van der Waals surface area contributed by atoms with Gasteiger partial charge in [0, 0.05) is 25.0 Å². The molecule has 2 N–H and O–H groups in total. The molecule has 0 aliphatic rings. The fourth-order valence-electron chi connectivity index (χ4n) is 1.54. The normalized spacial score (nSPS) is 11.6. The molecular formula is C13H17N5O2S. The second-order valence-corrected chi connectivity index (χ2v) is 6.38. The Hall–Kier alpha value is -2.06. The number of rotatable bonds is 6. The molecule has 2 aromatic rings. The zero-order valence-electron chi connectivity index (χ0n) is 11.8. The van der Waals surface area contributed by atoms with Crippen molar-refractivity contribution in [1.82, 2.24) is 20.5 Å². The highest BCUT2D eigenvalue weighted by Crippen LogP contribution is 2.11. The van der Waals surface area contributed by atoms with Crippen molar-refractivity contribution in [3.05, 3.63) is 42.2 Å². The molecule has 0 bridgehead atoms. The molecule has 0 radical (unpaired) electrons. The lowest BCUT2D eigenvalue weighted by Crippen LogP contribution is -2.22. The standard InChI is InChI=1S/C13H17N5O2S/c1-10(2)14-8-11-5-6-13(15-9-11)21(19,20)18-12-4-3-7-16-17-12/h3-7,9-10,14H,8H2,1-2H3,(H,17,18). The van der Waals surface area contributed by atoms with Crippen LogP contribution < -0.4 is 10.0 Å². The van der Waals surface area contributed by atoms with Crippen molar-refractivity contribution < 1.29 is 8.42 Å². The van der Waals surface area contributed by atoms with Crippen LogP contribution in [0.5, 0.6) is 0 Å².